The minimum absolute atomic E-state index is 0.163. The molecule has 1 saturated heterocycles. The van der Waals surface area contributed by atoms with Crippen LogP contribution in [-0.4, -0.2) is 58.8 Å². The first-order chi connectivity index (χ1) is 12.8. The lowest BCUT2D eigenvalue weighted by atomic mass is 9.85. The number of hydrogen-bond donors (Lipinski definition) is 3. The van der Waals surface area contributed by atoms with Gasteiger partial charge in [0.1, 0.15) is 18.3 Å². The van der Waals surface area contributed by atoms with Crippen LogP contribution in [0.2, 0.25) is 0 Å². The van der Waals surface area contributed by atoms with Crippen molar-refractivity contribution in [2.75, 3.05) is 13.2 Å². The fourth-order valence-electron chi connectivity index (χ4n) is 3.23. The summed E-state index contributed by atoms with van der Waals surface area (Å²) in [4.78, 5) is 24.4. The molecule has 1 heterocycles. The molecule has 0 saturated carbocycles. The van der Waals surface area contributed by atoms with Gasteiger partial charge < -0.3 is 24.8 Å². The summed E-state index contributed by atoms with van der Waals surface area (Å²) in [5.41, 5.74) is 1.60. The second-order valence-corrected chi connectivity index (χ2v) is 6.86. The molecule has 1 fully saturated rings. The van der Waals surface area contributed by atoms with E-state index in [0.717, 1.165) is 11.1 Å². The Hall–Kier alpha value is -2.22. The Kier molecular flexibility index (Phi) is 7.12. The van der Waals surface area contributed by atoms with Gasteiger partial charge in [0.15, 0.2) is 0 Å². The molecule has 1 aliphatic heterocycles. The van der Waals surface area contributed by atoms with Gasteiger partial charge in [-0.1, -0.05) is 24.8 Å². The largest absolute Gasteiger partial charge is 0.458 e. The van der Waals surface area contributed by atoms with Gasteiger partial charge in [0, 0.05) is 12.0 Å². The third-order valence-electron chi connectivity index (χ3n) is 4.84. The van der Waals surface area contributed by atoms with Gasteiger partial charge in [-0.3, -0.25) is 0 Å². The number of aliphatic hydroxyl groups excluding tert-OH is 3. The average molecular weight is 378 g/mol. The lowest BCUT2D eigenvalue weighted by molar-refractivity contribution is -0.148. The average Bonchev–Trinajstić information content (AvgIpc) is 2.92. The Balaban J connectivity index is 2.36. The van der Waals surface area contributed by atoms with Gasteiger partial charge >= 0.3 is 11.9 Å². The number of carbonyl (C=O) groups is 2. The van der Waals surface area contributed by atoms with Crippen molar-refractivity contribution in [2.45, 2.75) is 44.5 Å². The van der Waals surface area contributed by atoms with Crippen molar-refractivity contribution in [1.29, 1.82) is 0 Å². The predicted octanol–water partition coefficient (Wildman–Crippen LogP) is 0.954. The van der Waals surface area contributed by atoms with Crippen molar-refractivity contribution in [3.8, 4) is 0 Å². The second kappa shape index (κ2) is 9.12. The predicted molar refractivity (Wildman–Crippen MR) is 97.4 cm³/mol. The zero-order chi connectivity index (χ0) is 20.1. The molecule has 0 amide bonds. The highest BCUT2D eigenvalue weighted by Crippen LogP contribution is 2.36. The first kappa shape index (κ1) is 21.1. The quantitative estimate of drug-likeness (QED) is 0.371. The van der Waals surface area contributed by atoms with Crippen LogP contribution in [0, 0.1) is 5.92 Å². The summed E-state index contributed by atoms with van der Waals surface area (Å²) in [6, 6.07) is 0. The van der Waals surface area contributed by atoms with Crippen LogP contribution in [0.15, 0.2) is 47.6 Å². The SMILES string of the molecule is C=C1C(=O)O[C@@H]2/C=C(\CO)CC/C=C(\C)C[C@@H](OC(=O)C(=C)[C@H](O)CO)[C@H]12. The smallest absolute Gasteiger partial charge is 0.336 e. The van der Waals surface area contributed by atoms with E-state index >= 15 is 0 Å². The van der Waals surface area contributed by atoms with E-state index in [1.54, 1.807) is 6.08 Å². The molecule has 7 nitrogen and oxygen atoms in total. The monoisotopic (exact) mass is 378 g/mol. The topological polar surface area (TPSA) is 113 Å². The molecule has 1 aliphatic carbocycles. The molecular formula is C20H26O7. The summed E-state index contributed by atoms with van der Waals surface area (Å²) < 4.78 is 10.9. The van der Waals surface area contributed by atoms with Crippen LogP contribution in [0.3, 0.4) is 0 Å². The number of hydrogen-bond acceptors (Lipinski definition) is 7. The minimum atomic E-state index is -1.42. The van der Waals surface area contributed by atoms with Crippen LogP contribution in [0.25, 0.3) is 0 Å². The third kappa shape index (κ3) is 4.94. The summed E-state index contributed by atoms with van der Waals surface area (Å²) in [7, 11) is 0. The Morgan fingerprint density at radius 3 is 2.78 bits per heavy atom. The van der Waals surface area contributed by atoms with Gasteiger partial charge in [0.05, 0.1) is 24.7 Å². The summed E-state index contributed by atoms with van der Waals surface area (Å²) in [5, 5.41) is 28.2. The molecule has 0 aromatic rings. The van der Waals surface area contributed by atoms with Crippen molar-refractivity contribution in [3.05, 3.63) is 47.6 Å². The Labute approximate surface area is 158 Å². The van der Waals surface area contributed by atoms with Gasteiger partial charge in [0.2, 0.25) is 0 Å². The molecule has 27 heavy (non-hydrogen) atoms. The van der Waals surface area contributed by atoms with E-state index < -0.39 is 42.8 Å². The van der Waals surface area contributed by atoms with E-state index in [1.165, 1.54) is 0 Å². The molecule has 148 valence electrons. The van der Waals surface area contributed by atoms with Crippen LogP contribution in [-0.2, 0) is 19.1 Å². The van der Waals surface area contributed by atoms with E-state index in [2.05, 4.69) is 13.2 Å². The maximum atomic E-state index is 12.3. The lowest BCUT2D eigenvalue weighted by Crippen LogP contribution is -2.35. The van der Waals surface area contributed by atoms with Gasteiger partial charge in [-0.05, 0) is 31.4 Å². The summed E-state index contributed by atoms with van der Waals surface area (Å²) in [6.45, 7) is 8.32. The Morgan fingerprint density at radius 2 is 2.15 bits per heavy atom. The number of allylic oxidation sites excluding steroid dienone is 1. The number of carbonyl (C=O) groups excluding carboxylic acids is 2. The van der Waals surface area contributed by atoms with Crippen LogP contribution in [0.4, 0.5) is 0 Å². The highest BCUT2D eigenvalue weighted by molar-refractivity contribution is 5.92. The van der Waals surface area contributed by atoms with Crippen molar-refractivity contribution in [2.24, 2.45) is 5.92 Å². The zero-order valence-electron chi connectivity index (χ0n) is 15.4. The standard InChI is InChI=1S/C20H26O7/c1-11-5-4-6-14(9-21)8-17-18(13(3)20(25)27-17)16(7-11)26-19(24)12(2)15(23)10-22/h5,8,15-18,21-23H,2-4,6-7,9-10H2,1H3/b11-5+,14-8-/t15-,16-,17-,18+/m1/s1. The minimum Gasteiger partial charge on any atom is -0.458 e. The fourth-order valence-corrected chi connectivity index (χ4v) is 3.23. The molecule has 0 bridgehead atoms. The molecule has 2 rings (SSSR count). The normalized spacial score (nSPS) is 30.9. The first-order valence-electron chi connectivity index (χ1n) is 8.83. The number of esters is 2. The van der Waals surface area contributed by atoms with Gasteiger partial charge in [-0.25, -0.2) is 9.59 Å². The van der Waals surface area contributed by atoms with Crippen LogP contribution >= 0.6 is 0 Å². The summed E-state index contributed by atoms with van der Waals surface area (Å²) in [5.74, 6) is -2.05. The zero-order valence-corrected chi connectivity index (χ0v) is 15.4. The molecule has 0 unspecified atom stereocenters. The van der Waals surface area contributed by atoms with Crippen LogP contribution < -0.4 is 0 Å². The number of ether oxygens (including phenoxy) is 2. The van der Waals surface area contributed by atoms with Crippen molar-refractivity contribution in [1.82, 2.24) is 0 Å². The van der Waals surface area contributed by atoms with E-state index in [-0.39, 0.29) is 17.8 Å². The Morgan fingerprint density at radius 1 is 1.44 bits per heavy atom. The van der Waals surface area contributed by atoms with Crippen LogP contribution in [0.5, 0.6) is 0 Å². The van der Waals surface area contributed by atoms with Gasteiger partial charge in [0.25, 0.3) is 0 Å². The molecule has 0 aromatic carbocycles. The van der Waals surface area contributed by atoms with Gasteiger partial charge in [-0.15, -0.1) is 0 Å². The maximum Gasteiger partial charge on any atom is 0.336 e. The number of aliphatic hydroxyl groups is 3. The van der Waals surface area contributed by atoms with Crippen molar-refractivity contribution < 1.29 is 34.4 Å². The third-order valence-corrected chi connectivity index (χ3v) is 4.84. The first-order valence-corrected chi connectivity index (χ1v) is 8.83. The second-order valence-electron chi connectivity index (χ2n) is 6.86. The van der Waals surface area contributed by atoms with Crippen molar-refractivity contribution >= 4 is 11.9 Å². The molecule has 0 aromatic heterocycles. The van der Waals surface area contributed by atoms with E-state index in [1.807, 2.05) is 13.0 Å². The maximum absolute atomic E-state index is 12.3. The van der Waals surface area contributed by atoms with E-state index in [0.29, 0.717) is 19.3 Å². The lowest BCUT2D eigenvalue weighted by Gasteiger charge is -2.28. The highest BCUT2D eigenvalue weighted by Gasteiger charge is 2.44. The Bertz CT molecular complexity index is 688. The van der Waals surface area contributed by atoms with Crippen molar-refractivity contribution in [3.63, 3.8) is 0 Å². The molecular weight excluding hydrogens is 352 g/mol. The van der Waals surface area contributed by atoms with Gasteiger partial charge in [-0.2, -0.15) is 0 Å². The summed E-state index contributed by atoms with van der Waals surface area (Å²) >= 11 is 0. The van der Waals surface area contributed by atoms with Crippen LogP contribution in [0.1, 0.15) is 26.2 Å². The van der Waals surface area contributed by atoms with E-state index in [4.69, 9.17) is 14.6 Å². The molecule has 4 atom stereocenters. The van der Waals surface area contributed by atoms with E-state index in [9.17, 15) is 19.8 Å². The molecule has 2 aliphatic rings. The number of fused-ring (bicyclic) bond motifs is 1. The highest BCUT2D eigenvalue weighted by atomic mass is 16.6. The molecule has 3 N–H and O–H groups in total. The molecule has 7 heteroatoms. The molecule has 0 spiro atoms. The molecule has 0 radical (unpaired) electrons. The number of rotatable bonds is 5. The fraction of sp³-hybridized carbons (Fsp3) is 0.500. The summed E-state index contributed by atoms with van der Waals surface area (Å²) in [6.07, 6.45) is 2.46.